The van der Waals surface area contributed by atoms with E-state index in [4.69, 9.17) is 0 Å². The third-order valence-corrected chi connectivity index (χ3v) is 3.71. The van der Waals surface area contributed by atoms with Gasteiger partial charge in [-0.15, -0.1) is 0 Å². The Hall–Kier alpha value is -2.89. The third-order valence-electron chi connectivity index (χ3n) is 3.71. The van der Waals surface area contributed by atoms with E-state index in [1.807, 2.05) is 18.2 Å². The maximum absolute atomic E-state index is 13.0. The van der Waals surface area contributed by atoms with Crippen molar-refractivity contribution >= 4 is 17.7 Å². The molecule has 0 aromatic heterocycles. The molecule has 0 saturated heterocycles. The highest BCUT2D eigenvalue weighted by molar-refractivity contribution is 5.89. The summed E-state index contributed by atoms with van der Waals surface area (Å²) in [5.74, 6) is -0.674. The van der Waals surface area contributed by atoms with Gasteiger partial charge in [-0.1, -0.05) is 30.3 Å². The van der Waals surface area contributed by atoms with Crippen molar-refractivity contribution in [1.82, 2.24) is 4.90 Å². The summed E-state index contributed by atoms with van der Waals surface area (Å²) in [4.78, 5) is 25.4. The van der Waals surface area contributed by atoms with Gasteiger partial charge in [0.05, 0.1) is 13.5 Å². The number of urea groups is 1. The molecule has 0 unspecified atom stereocenters. The highest BCUT2D eigenvalue weighted by atomic mass is 19.1. The first-order chi connectivity index (χ1) is 12.1. The molecule has 25 heavy (non-hydrogen) atoms. The number of benzene rings is 2. The van der Waals surface area contributed by atoms with Crippen molar-refractivity contribution in [3.05, 3.63) is 66.0 Å². The minimum Gasteiger partial charge on any atom is -0.469 e. The smallest absolute Gasteiger partial charge is 0.321 e. The van der Waals surface area contributed by atoms with Crippen LogP contribution < -0.4 is 5.32 Å². The molecule has 6 heteroatoms. The van der Waals surface area contributed by atoms with Crippen molar-refractivity contribution in [3.8, 4) is 0 Å². The molecule has 0 spiro atoms. The van der Waals surface area contributed by atoms with Crippen LogP contribution in [-0.4, -0.2) is 37.1 Å². The molecular formula is C19H21FN2O3. The number of esters is 1. The predicted molar refractivity (Wildman–Crippen MR) is 93.8 cm³/mol. The van der Waals surface area contributed by atoms with Crippen LogP contribution >= 0.6 is 0 Å². The summed E-state index contributed by atoms with van der Waals surface area (Å²) in [6.45, 7) is 0.647. The zero-order chi connectivity index (χ0) is 18.1. The zero-order valence-electron chi connectivity index (χ0n) is 14.1. The summed E-state index contributed by atoms with van der Waals surface area (Å²) in [6, 6.07) is 14.9. The van der Waals surface area contributed by atoms with Crippen molar-refractivity contribution in [3.63, 3.8) is 0 Å². The number of methoxy groups -OCH3 is 1. The Kier molecular flexibility index (Phi) is 6.95. The van der Waals surface area contributed by atoms with Gasteiger partial charge in [-0.25, -0.2) is 9.18 Å². The molecule has 2 amide bonds. The van der Waals surface area contributed by atoms with Crippen LogP contribution in [0, 0.1) is 5.82 Å². The van der Waals surface area contributed by atoms with Gasteiger partial charge < -0.3 is 15.0 Å². The number of amides is 2. The van der Waals surface area contributed by atoms with E-state index in [0.29, 0.717) is 18.7 Å². The largest absolute Gasteiger partial charge is 0.469 e. The standard InChI is InChI=1S/C19H21FN2O3/c1-25-18(23)12-14-22(13-11-15-7-9-16(20)10-8-15)19(24)21-17-5-3-2-4-6-17/h2-10H,11-14H2,1H3,(H,21,24). The Bertz CT molecular complexity index is 690. The van der Waals surface area contributed by atoms with Crippen LogP contribution in [0.15, 0.2) is 54.6 Å². The van der Waals surface area contributed by atoms with Gasteiger partial charge in [-0.2, -0.15) is 0 Å². The first-order valence-corrected chi connectivity index (χ1v) is 8.00. The van der Waals surface area contributed by atoms with Gasteiger partial charge in [-0.05, 0) is 36.2 Å². The van der Waals surface area contributed by atoms with Crippen molar-refractivity contribution in [2.45, 2.75) is 12.8 Å². The van der Waals surface area contributed by atoms with E-state index >= 15 is 0 Å². The number of anilines is 1. The highest BCUT2D eigenvalue weighted by Crippen LogP contribution is 2.09. The molecule has 0 atom stereocenters. The van der Waals surface area contributed by atoms with Gasteiger partial charge in [0.25, 0.3) is 0 Å². The number of ether oxygens (including phenoxy) is 1. The molecule has 1 N–H and O–H groups in total. The van der Waals surface area contributed by atoms with Crippen LogP contribution in [0.2, 0.25) is 0 Å². The Morgan fingerprint density at radius 1 is 1.04 bits per heavy atom. The van der Waals surface area contributed by atoms with Crippen LogP contribution in [0.4, 0.5) is 14.9 Å². The molecular weight excluding hydrogens is 323 g/mol. The van der Waals surface area contributed by atoms with Crippen molar-refractivity contribution in [2.75, 3.05) is 25.5 Å². The predicted octanol–water partition coefficient (Wildman–Crippen LogP) is 3.47. The number of para-hydroxylation sites is 1. The monoisotopic (exact) mass is 344 g/mol. The minimum atomic E-state index is -0.376. The first kappa shape index (κ1) is 18.4. The van der Waals surface area contributed by atoms with Crippen LogP contribution in [0.1, 0.15) is 12.0 Å². The second kappa shape index (κ2) is 9.42. The molecule has 0 aliphatic heterocycles. The van der Waals surface area contributed by atoms with Crippen LogP contribution in [0.5, 0.6) is 0 Å². The number of nitrogens with zero attached hydrogens (tertiary/aromatic N) is 1. The summed E-state index contributed by atoms with van der Waals surface area (Å²) < 4.78 is 17.6. The molecule has 0 heterocycles. The van der Waals surface area contributed by atoms with Gasteiger partial charge in [0.15, 0.2) is 0 Å². The number of halogens is 1. The summed E-state index contributed by atoms with van der Waals surface area (Å²) in [5.41, 5.74) is 1.59. The molecule has 0 bridgehead atoms. The lowest BCUT2D eigenvalue weighted by molar-refractivity contribution is -0.140. The van der Waals surface area contributed by atoms with Gasteiger partial charge in [-0.3, -0.25) is 4.79 Å². The Morgan fingerprint density at radius 2 is 1.72 bits per heavy atom. The van der Waals surface area contributed by atoms with E-state index in [0.717, 1.165) is 5.56 Å². The van der Waals surface area contributed by atoms with Crippen LogP contribution in [0.3, 0.4) is 0 Å². The fraction of sp³-hybridized carbons (Fsp3) is 0.263. The summed E-state index contributed by atoms with van der Waals surface area (Å²) in [5, 5.41) is 2.80. The lowest BCUT2D eigenvalue weighted by Crippen LogP contribution is -2.38. The second-order valence-corrected chi connectivity index (χ2v) is 5.49. The average Bonchev–Trinajstić information content (AvgIpc) is 2.63. The first-order valence-electron chi connectivity index (χ1n) is 8.00. The molecule has 0 saturated carbocycles. The van der Waals surface area contributed by atoms with Gasteiger partial charge >= 0.3 is 12.0 Å². The fourth-order valence-electron chi connectivity index (χ4n) is 2.28. The molecule has 0 fully saturated rings. The summed E-state index contributed by atoms with van der Waals surface area (Å²) in [7, 11) is 1.31. The van der Waals surface area contributed by atoms with E-state index in [1.54, 1.807) is 29.2 Å². The van der Waals surface area contributed by atoms with E-state index in [2.05, 4.69) is 10.1 Å². The van der Waals surface area contributed by atoms with E-state index in [-0.39, 0.29) is 30.8 Å². The van der Waals surface area contributed by atoms with Crippen LogP contribution in [0.25, 0.3) is 0 Å². The Morgan fingerprint density at radius 3 is 2.36 bits per heavy atom. The number of hydrogen-bond donors (Lipinski definition) is 1. The molecule has 0 aliphatic carbocycles. The molecule has 0 aliphatic rings. The molecule has 5 nitrogen and oxygen atoms in total. The molecule has 0 radical (unpaired) electrons. The highest BCUT2D eigenvalue weighted by Gasteiger charge is 2.15. The molecule has 2 aromatic rings. The fourth-order valence-corrected chi connectivity index (χ4v) is 2.28. The van der Waals surface area contributed by atoms with Crippen molar-refractivity contribution < 1.29 is 18.7 Å². The van der Waals surface area contributed by atoms with Gasteiger partial charge in [0, 0.05) is 18.8 Å². The third kappa shape index (κ3) is 6.25. The normalized spacial score (nSPS) is 10.2. The summed E-state index contributed by atoms with van der Waals surface area (Å²) >= 11 is 0. The molecule has 2 aromatic carbocycles. The Balaban J connectivity index is 1.99. The second-order valence-electron chi connectivity index (χ2n) is 5.49. The van der Waals surface area contributed by atoms with Crippen LogP contribution in [-0.2, 0) is 16.0 Å². The number of nitrogens with one attached hydrogen (secondary N) is 1. The quantitative estimate of drug-likeness (QED) is 0.783. The topological polar surface area (TPSA) is 58.6 Å². The molecule has 2 rings (SSSR count). The number of rotatable bonds is 7. The SMILES string of the molecule is COC(=O)CCN(CCc1ccc(F)cc1)C(=O)Nc1ccccc1. The van der Waals surface area contributed by atoms with Gasteiger partial charge in [0.2, 0.25) is 0 Å². The van der Waals surface area contributed by atoms with Crippen molar-refractivity contribution in [2.24, 2.45) is 0 Å². The number of hydrogen-bond acceptors (Lipinski definition) is 3. The average molecular weight is 344 g/mol. The van der Waals surface area contributed by atoms with E-state index in [1.165, 1.54) is 19.2 Å². The zero-order valence-corrected chi connectivity index (χ0v) is 14.1. The maximum atomic E-state index is 13.0. The number of carbonyl (C=O) groups excluding carboxylic acids is 2. The lowest BCUT2D eigenvalue weighted by atomic mass is 10.1. The number of carbonyl (C=O) groups is 2. The minimum absolute atomic E-state index is 0.113. The van der Waals surface area contributed by atoms with E-state index < -0.39 is 0 Å². The Labute approximate surface area is 146 Å². The van der Waals surface area contributed by atoms with E-state index in [9.17, 15) is 14.0 Å². The van der Waals surface area contributed by atoms with Crippen molar-refractivity contribution in [1.29, 1.82) is 0 Å². The van der Waals surface area contributed by atoms with Gasteiger partial charge in [0.1, 0.15) is 5.82 Å². The summed E-state index contributed by atoms with van der Waals surface area (Å²) in [6.07, 6.45) is 0.672. The maximum Gasteiger partial charge on any atom is 0.321 e. The molecule has 132 valence electrons. The lowest BCUT2D eigenvalue weighted by Gasteiger charge is -2.23.